The summed E-state index contributed by atoms with van der Waals surface area (Å²) in [5, 5.41) is -0.314. The molecule has 7 aromatic rings. The second-order valence-corrected chi connectivity index (χ2v) is 20.1. The molecule has 0 bridgehead atoms. The number of aromatic nitrogens is 4. The second-order valence-electron chi connectivity index (χ2n) is 13.2. The van der Waals surface area contributed by atoms with Crippen molar-refractivity contribution >= 4 is 85.2 Å². The molecule has 0 spiro atoms. The van der Waals surface area contributed by atoms with Crippen LogP contribution >= 0.6 is 54.9 Å². The average Bonchev–Trinajstić information content (AvgIpc) is 3.99. The van der Waals surface area contributed by atoms with Crippen LogP contribution in [-0.4, -0.2) is 49.8 Å². The zero-order chi connectivity index (χ0) is 50.6. The lowest BCUT2D eigenvalue weighted by atomic mass is 10.2. The van der Waals surface area contributed by atoms with Gasteiger partial charge in [0.25, 0.3) is 20.0 Å². The van der Waals surface area contributed by atoms with Crippen LogP contribution in [0.1, 0.15) is 16.7 Å². The fourth-order valence-electron chi connectivity index (χ4n) is 5.58. The smallest absolute Gasteiger partial charge is 0.416 e. The van der Waals surface area contributed by atoms with Crippen LogP contribution in [-0.2, 0) is 38.9 Å². The van der Waals surface area contributed by atoms with Gasteiger partial charge in [-0.25, -0.2) is 48.7 Å². The molecule has 0 atom stereocenters. The van der Waals surface area contributed by atoms with Gasteiger partial charge in [0.1, 0.15) is 57.1 Å². The Hall–Kier alpha value is -5.82. The summed E-state index contributed by atoms with van der Waals surface area (Å²) in [5.41, 5.74) is -1.83. The highest BCUT2D eigenvalue weighted by atomic mass is 79.9. The number of hydrogen-bond donors (Lipinski definition) is 1. The van der Waals surface area contributed by atoms with E-state index in [1.165, 1.54) is 26.4 Å². The molecule has 0 aliphatic rings. The maximum Gasteiger partial charge on any atom is 0.416 e. The Bertz CT molecular complexity index is 3210. The van der Waals surface area contributed by atoms with Crippen LogP contribution in [0, 0.1) is 23.3 Å². The van der Waals surface area contributed by atoms with Gasteiger partial charge in [0.15, 0.2) is 23.1 Å². The molecule has 0 amide bonds. The monoisotopic (exact) mass is 1180 g/mol. The molecule has 0 aliphatic heterocycles. The van der Waals surface area contributed by atoms with E-state index in [0.717, 1.165) is 41.2 Å². The molecule has 5 aromatic carbocycles. The molecule has 0 fully saturated rings. The van der Waals surface area contributed by atoms with Gasteiger partial charge in [-0.05, 0) is 48.5 Å². The van der Waals surface area contributed by atoms with Crippen LogP contribution in [0.15, 0.2) is 110 Å². The molecular formula is C39H24Br2F10N6O8S4. The van der Waals surface area contributed by atoms with Gasteiger partial charge in [-0.2, -0.15) is 35.1 Å². The predicted octanol–water partition coefficient (Wildman–Crippen LogP) is 12.0. The minimum Gasteiger partial charge on any atom is -0.497 e. The van der Waals surface area contributed by atoms with Crippen molar-refractivity contribution in [3.05, 3.63) is 140 Å². The Morgan fingerprint density at radius 2 is 1.13 bits per heavy atom. The minimum atomic E-state index is -4.81. The van der Waals surface area contributed by atoms with E-state index in [-0.39, 0.29) is 25.0 Å². The lowest BCUT2D eigenvalue weighted by molar-refractivity contribution is -0.138. The third-order valence-electron chi connectivity index (χ3n) is 8.64. The number of benzene rings is 5. The number of alkyl halides is 6. The van der Waals surface area contributed by atoms with Crippen molar-refractivity contribution in [2.75, 3.05) is 23.2 Å². The Balaban J connectivity index is 0.000000239. The molecule has 0 saturated heterocycles. The summed E-state index contributed by atoms with van der Waals surface area (Å²) in [7, 11) is -6.55. The molecule has 0 unspecified atom stereocenters. The molecule has 366 valence electrons. The van der Waals surface area contributed by atoms with Crippen LogP contribution in [0.25, 0.3) is 0 Å². The Kier molecular flexibility index (Phi) is 16.0. The van der Waals surface area contributed by atoms with Gasteiger partial charge in [0.05, 0.1) is 31.9 Å². The van der Waals surface area contributed by atoms with Gasteiger partial charge in [-0.3, -0.25) is 4.72 Å². The number of nitrogens with zero attached hydrogens (tertiary/aromatic N) is 5. The number of halogens is 12. The van der Waals surface area contributed by atoms with Gasteiger partial charge in [0, 0.05) is 67.9 Å². The highest BCUT2D eigenvalue weighted by molar-refractivity contribution is 9.10. The van der Waals surface area contributed by atoms with Crippen molar-refractivity contribution in [2.24, 2.45) is 0 Å². The molecule has 0 radical (unpaired) electrons. The quantitative estimate of drug-likeness (QED) is 0.102. The zero-order valence-corrected chi connectivity index (χ0v) is 40.5. The molecule has 30 heteroatoms. The van der Waals surface area contributed by atoms with Crippen LogP contribution in [0.2, 0.25) is 0 Å². The van der Waals surface area contributed by atoms with Gasteiger partial charge in [-0.1, -0.05) is 31.9 Å². The highest BCUT2D eigenvalue weighted by Crippen LogP contribution is 2.40. The molecule has 7 rings (SSSR count). The summed E-state index contributed by atoms with van der Waals surface area (Å²) in [6.07, 6.45) is -7.28. The van der Waals surface area contributed by atoms with Crippen molar-refractivity contribution in [3.8, 4) is 34.5 Å². The maximum absolute atomic E-state index is 15.2. The molecule has 2 aromatic heterocycles. The lowest BCUT2D eigenvalue weighted by Gasteiger charge is -2.23. The van der Waals surface area contributed by atoms with E-state index in [4.69, 9.17) is 18.9 Å². The summed E-state index contributed by atoms with van der Waals surface area (Å²) >= 11 is 7.15. The van der Waals surface area contributed by atoms with Gasteiger partial charge in [0.2, 0.25) is 10.3 Å². The topological polar surface area (TPSA) is 172 Å². The standard InChI is InChI=1S/C24H17BrF5N3O5S2.C15H7BrF5N3O3S2/c1-36-16-4-3-13(20(8-16)37-2)11-33(23-31-12-32-39-23)40(34,35)22-10-18(26)21(9-19(22)27)38-17-6-14(24(28,29)30)5-15(25)7-17;16-8-1-7(15(19,20)21)2-9(3-8)27-12-4-11(18)13(5-10(12)17)29(25,26)24-14-22-6-23-28-14/h3-10,12H,11H2,1-2H3;1-6H,(H,22,23,24). The summed E-state index contributed by atoms with van der Waals surface area (Å²) in [4.78, 5) is 5.37. The van der Waals surface area contributed by atoms with Crippen LogP contribution in [0.4, 0.5) is 54.2 Å². The van der Waals surface area contributed by atoms with Crippen molar-refractivity contribution in [1.82, 2.24) is 18.7 Å². The summed E-state index contributed by atoms with van der Waals surface area (Å²) in [6.45, 7) is -0.401. The average molecular weight is 1180 g/mol. The largest absolute Gasteiger partial charge is 0.497 e. The number of anilines is 2. The molecule has 1 N–H and O–H groups in total. The molecule has 69 heavy (non-hydrogen) atoms. The normalized spacial score (nSPS) is 11.9. The molecule has 0 aliphatic carbocycles. The van der Waals surface area contributed by atoms with Crippen molar-refractivity contribution in [3.63, 3.8) is 0 Å². The van der Waals surface area contributed by atoms with Crippen molar-refractivity contribution in [2.45, 2.75) is 28.7 Å². The number of hydrogen-bond acceptors (Lipinski definition) is 14. The molecule has 14 nitrogen and oxygen atoms in total. The second kappa shape index (κ2) is 21.0. The fourth-order valence-corrected chi connectivity index (χ4v) is 10.4. The van der Waals surface area contributed by atoms with E-state index in [0.29, 0.717) is 70.8 Å². The van der Waals surface area contributed by atoms with Crippen LogP contribution in [0.5, 0.6) is 34.5 Å². The number of methoxy groups -OCH3 is 2. The summed E-state index contributed by atoms with van der Waals surface area (Å²) < 4.78 is 219. The van der Waals surface area contributed by atoms with Gasteiger partial charge >= 0.3 is 12.4 Å². The number of ether oxygens (including phenoxy) is 4. The third kappa shape index (κ3) is 12.9. The van der Waals surface area contributed by atoms with E-state index in [1.54, 1.807) is 6.07 Å². The van der Waals surface area contributed by atoms with Crippen LogP contribution in [0.3, 0.4) is 0 Å². The Morgan fingerprint density at radius 1 is 0.609 bits per heavy atom. The summed E-state index contributed by atoms with van der Waals surface area (Å²) in [5.74, 6) is -7.29. The Morgan fingerprint density at radius 3 is 1.61 bits per heavy atom. The first-order chi connectivity index (χ1) is 32.3. The first kappa shape index (κ1) is 52.5. The first-order valence-electron chi connectivity index (χ1n) is 18.2. The molecule has 2 heterocycles. The number of sulfonamides is 2. The fraction of sp³-hybridized carbons (Fsp3) is 0.128. The highest BCUT2D eigenvalue weighted by Gasteiger charge is 2.35. The first-order valence-corrected chi connectivity index (χ1v) is 24.2. The Labute approximate surface area is 408 Å². The van der Waals surface area contributed by atoms with E-state index in [1.807, 2.05) is 4.72 Å². The SMILES string of the molecule is COc1ccc(CN(c2ncns2)S(=O)(=O)c2cc(F)c(Oc3cc(Br)cc(C(F)(F)F)c3)cc2F)c(OC)c1.O=S(=O)(Nc1ncns1)c1cc(F)c(Oc2cc(Br)cc(C(F)(F)F)c2)cc1F. The number of rotatable bonds is 14. The number of nitrogens with one attached hydrogen (secondary N) is 1. The third-order valence-corrected chi connectivity index (χ3v) is 14.2. The maximum atomic E-state index is 15.2. The van der Waals surface area contributed by atoms with Gasteiger partial charge in [-0.15, -0.1) is 0 Å². The van der Waals surface area contributed by atoms with E-state index < -0.39 is 106 Å². The van der Waals surface area contributed by atoms with E-state index in [9.17, 15) is 52.0 Å². The molecule has 0 saturated carbocycles. The van der Waals surface area contributed by atoms with Crippen molar-refractivity contribution < 1.29 is 79.7 Å². The predicted molar refractivity (Wildman–Crippen MR) is 235 cm³/mol. The van der Waals surface area contributed by atoms with E-state index in [2.05, 4.69) is 50.6 Å². The molecular weight excluding hydrogens is 1160 g/mol. The minimum absolute atomic E-state index is 0.0105. The van der Waals surface area contributed by atoms with E-state index >= 15 is 8.78 Å². The van der Waals surface area contributed by atoms with Crippen LogP contribution < -0.4 is 28.0 Å². The lowest BCUT2D eigenvalue weighted by Crippen LogP contribution is -2.31. The van der Waals surface area contributed by atoms with Gasteiger partial charge < -0.3 is 18.9 Å². The zero-order valence-electron chi connectivity index (χ0n) is 34.0. The van der Waals surface area contributed by atoms with Crippen molar-refractivity contribution in [1.29, 1.82) is 0 Å². The summed E-state index contributed by atoms with van der Waals surface area (Å²) in [6, 6.07) is 11.1.